The molecule has 23 heavy (non-hydrogen) atoms. The van der Waals surface area contributed by atoms with E-state index in [1.807, 2.05) is 6.07 Å². The summed E-state index contributed by atoms with van der Waals surface area (Å²) in [6.45, 7) is 4.15. The van der Waals surface area contributed by atoms with Crippen LogP contribution in [0.3, 0.4) is 0 Å². The van der Waals surface area contributed by atoms with Crippen LogP contribution in [-0.2, 0) is 0 Å². The third kappa shape index (κ3) is 4.20. The zero-order valence-electron chi connectivity index (χ0n) is 13.2. The van der Waals surface area contributed by atoms with Crippen molar-refractivity contribution in [2.24, 2.45) is 0 Å². The molecule has 0 spiro atoms. The SMILES string of the molecule is O=C(O)c1ccc2nc(OCCCN3CCCCC3)ccc2c1. The van der Waals surface area contributed by atoms with E-state index in [2.05, 4.69) is 9.88 Å². The highest BCUT2D eigenvalue weighted by Crippen LogP contribution is 2.18. The molecule has 1 aliphatic heterocycles. The minimum Gasteiger partial charge on any atom is -0.478 e. The second kappa shape index (κ2) is 7.42. The Kier molecular flexibility index (Phi) is 5.08. The van der Waals surface area contributed by atoms with Crippen molar-refractivity contribution in [1.29, 1.82) is 0 Å². The molecule has 1 aromatic carbocycles. The fourth-order valence-electron chi connectivity index (χ4n) is 2.97. The van der Waals surface area contributed by atoms with Crippen LogP contribution < -0.4 is 4.74 Å². The van der Waals surface area contributed by atoms with E-state index in [-0.39, 0.29) is 5.56 Å². The molecular formula is C18H22N2O3. The van der Waals surface area contributed by atoms with Crippen LogP contribution in [0.15, 0.2) is 30.3 Å². The first-order valence-electron chi connectivity index (χ1n) is 8.22. The fraction of sp³-hybridized carbons (Fsp3) is 0.444. The smallest absolute Gasteiger partial charge is 0.335 e. The van der Waals surface area contributed by atoms with Gasteiger partial charge in [0.1, 0.15) is 0 Å². The number of carbonyl (C=O) groups is 1. The average Bonchev–Trinajstić information content (AvgIpc) is 2.59. The number of piperidine rings is 1. The van der Waals surface area contributed by atoms with Gasteiger partial charge < -0.3 is 14.7 Å². The minimum atomic E-state index is -0.926. The largest absolute Gasteiger partial charge is 0.478 e. The number of nitrogens with zero attached hydrogens (tertiary/aromatic N) is 2. The van der Waals surface area contributed by atoms with E-state index in [1.54, 1.807) is 24.3 Å². The van der Waals surface area contributed by atoms with Crippen molar-refractivity contribution in [3.05, 3.63) is 35.9 Å². The molecule has 3 rings (SSSR count). The molecule has 5 nitrogen and oxygen atoms in total. The van der Waals surface area contributed by atoms with Crippen LogP contribution in [0, 0.1) is 0 Å². The number of hydrogen-bond donors (Lipinski definition) is 1. The van der Waals surface area contributed by atoms with Crippen molar-refractivity contribution < 1.29 is 14.6 Å². The Balaban J connectivity index is 1.53. The van der Waals surface area contributed by atoms with Crippen LogP contribution in [0.25, 0.3) is 10.9 Å². The molecule has 0 radical (unpaired) electrons. The normalized spacial score (nSPS) is 15.7. The second-order valence-electron chi connectivity index (χ2n) is 5.97. The Labute approximate surface area is 135 Å². The van der Waals surface area contributed by atoms with E-state index >= 15 is 0 Å². The molecule has 1 aromatic heterocycles. The molecule has 1 N–H and O–H groups in total. The van der Waals surface area contributed by atoms with Crippen molar-refractivity contribution >= 4 is 16.9 Å². The summed E-state index contributed by atoms with van der Waals surface area (Å²) in [4.78, 5) is 17.9. The highest BCUT2D eigenvalue weighted by Gasteiger charge is 2.09. The lowest BCUT2D eigenvalue weighted by molar-refractivity contribution is 0.0697. The molecule has 1 aliphatic rings. The zero-order chi connectivity index (χ0) is 16.1. The highest BCUT2D eigenvalue weighted by molar-refractivity contribution is 5.93. The average molecular weight is 314 g/mol. The lowest BCUT2D eigenvalue weighted by Gasteiger charge is -2.26. The molecule has 0 aliphatic carbocycles. The van der Waals surface area contributed by atoms with Crippen molar-refractivity contribution in [1.82, 2.24) is 9.88 Å². The molecule has 1 fully saturated rings. The van der Waals surface area contributed by atoms with Gasteiger partial charge in [-0.15, -0.1) is 0 Å². The maximum Gasteiger partial charge on any atom is 0.335 e. The summed E-state index contributed by atoms with van der Waals surface area (Å²) in [7, 11) is 0. The molecule has 0 saturated carbocycles. The molecule has 0 amide bonds. The van der Waals surface area contributed by atoms with Crippen molar-refractivity contribution in [2.75, 3.05) is 26.2 Å². The summed E-state index contributed by atoms with van der Waals surface area (Å²) in [5.41, 5.74) is 1.03. The van der Waals surface area contributed by atoms with Gasteiger partial charge in [0.25, 0.3) is 0 Å². The van der Waals surface area contributed by atoms with Gasteiger partial charge in [0.05, 0.1) is 17.7 Å². The first kappa shape index (κ1) is 15.7. The third-order valence-corrected chi connectivity index (χ3v) is 4.23. The first-order valence-corrected chi connectivity index (χ1v) is 8.22. The van der Waals surface area contributed by atoms with Crippen LogP contribution in [0.2, 0.25) is 0 Å². The summed E-state index contributed by atoms with van der Waals surface area (Å²) in [5, 5.41) is 9.81. The molecule has 1 saturated heterocycles. The Bertz CT molecular complexity index is 681. The van der Waals surface area contributed by atoms with Gasteiger partial charge in [0.15, 0.2) is 0 Å². The standard InChI is InChI=1S/C18H22N2O3/c21-18(22)15-5-7-16-14(13-15)6-8-17(19-16)23-12-4-11-20-9-2-1-3-10-20/h5-8,13H,1-4,9-12H2,(H,21,22). The topological polar surface area (TPSA) is 62.7 Å². The minimum absolute atomic E-state index is 0.273. The van der Waals surface area contributed by atoms with Crippen molar-refractivity contribution in [3.63, 3.8) is 0 Å². The molecular weight excluding hydrogens is 292 g/mol. The number of pyridine rings is 1. The number of aromatic nitrogens is 1. The Morgan fingerprint density at radius 1 is 1.17 bits per heavy atom. The summed E-state index contributed by atoms with van der Waals surface area (Å²) in [6, 6.07) is 8.57. The van der Waals surface area contributed by atoms with E-state index in [4.69, 9.17) is 9.84 Å². The van der Waals surface area contributed by atoms with E-state index < -0.39 is 5.97 Å². The number of carboxylic acid groups (broad SMARTS) is 1. The molecule has 0 unspecified atom stereocenters. The molecule has 2 aromatic rings. The summed E-state index contributed by atoms with van der Waals surface area (Å²) in [6.07, 6.45) is 4.98. The lowest BCUT2D eigenvalue weighted by atomic mass is 10.1. The number of hydrogen-bond acceptors (Lipinski definition) is 4. The maximum absolute atomic E-state index is 11.0. The molecule has 0 atom stereocenters. The van der Waals surface area contributed by atoms with Crippen LogP contribution in [0.5, 0.6) is 5.88 Å². The lowest BCUT2D eigenvalue weighted by Crippen LogP contribution is -2.31. The number of benzene rings is 1. The number of carboxylic acids is 1. The summed E-state index contributed by atoms with van der Waals surface area (Å²) >= 11 is 0. The maximum atomic E-state index is 11.0. The predicted molar refractivity (Wildman–Crippen MR) is 89.1 cm³/mol. The van der Waals surface area contributed by atoms with Crippen LogP contribution in [0.1, 0.15) is 36.0 Å². The van der Waals surface area contributed by atoms with Gasteiger partial charge in [-0.25, -0.2) is 9.78 Å². The zero-order valence-corrected chi connectivity index (χ0v) is 13.2. The summed E-state index contributed by atoms with van der Waals surface area (Å²) < 4.78 is 5.73. The number of fused-ring (bicyclic) bond motifs is 1. The predicted octanol–water partition coefficient (Wildman–Crippen LogP) is 3.19. The molecule has 0 bridgehead atoms. The monoisotopic (exact) mass is 314 g/mol. The van der Waals surface area contributed by atoms with E-state index in [0.29, 0.717) is 12.5 Å². The van der Waals surface area contributed by atoms with Crippen molar-refractivity contribution in [3.8, 4) is 5.88 Å². The Morgan fingerprint density at radius 2 is 2.00 bits per heavy atom. The number of likely N-dealkylation sites (tertiary alicyclic amines) is 1. The van der Waals surface area contributed by atoms with Gasteiger partial charge in [-0.2, -0.15) is 0 Å². The Hall–Kier alpha value is -2.14. The fourth-order valence-corrected chi connectivity index (χ4v) is 2.97. The van der Waals surface area contributed by atoms with E-state index in [9.17, 15) is 4.79 Å². The number of aromatic carboxylic acids is 1. The van der Waals surface area contributed by atoms with E-state index in [1.165, 1.54) is 32.4 Å². The van der Waals surface area contributed by atoms with Gasteiger partial charge in [0, 0.05) is 18.0 Å². The van der Waals surface area contributed by atoms with Gasteiger partial charge in [-0.05, 0) is 56.6 Å². The van der Waals surface area contributed by atoms with Crippen LogP contribution >= 0.6 is 0 Å². The number of ether oxygens (including phenoxy) is 1. The van der Waals surface area contributed by atoms with Gasteiger partial charge in [-0.3, -0.25) is 0 Å². The molecule has 2 heterocycles. The van der Waals surface area contributed by atoms with Gasteiger partial charge >= 0.3 is 5.97 Å². The molecule has 122 valence electrons. The number of rotatable bonds is 6. The van der Waals surface area contributed by atoms with Crippen molar-refractivity contribution in [2.45, 2.75) is 25.7 Å². The quantitative estimate of drug-likeness (QED) is 0.830. The first-order chi connectivity index (χ1) is 11.2. The Morgan fingerprint density at radius 3 is 2.78 bits per heavy atom. The third-order valence-electron chi connectivity index (χ3n) is 4.23. The highest BCUT2D eigenvalue weighted by atomic mass is 16.5. The van der Waals surface area contributed by atoms with Gasteiger partial charge in [0.2, 0.25) is 5.88 Å². The van der Waals surface area contributed by atoms with Gasteiger partial charge in [-0.1, -0.05) is 6.42 Å². The second-order valence-corrected chi connectivity index (χ2v) is 5.97. The summed E-state index contributed by atoms with van der Waals surface area (Å²) in [5.74, 6) is -0.329. The molecule has 5 heteroatoms. The van der Waals surface area contributed by atoms with E-state index in [0.717, 1.165) is 23.9 Å². The van der Waals surface area contributed by atoms with Crippen LogP contribution in [-0.4, -0.2) is 47.2 Å². The van der Waals surface area contributed by atoms with Crippen LogP contribution in [0.4, 0.5) is 0 Å².